The van der Waals surface area contributed by atoms with E-state index in [9.17, 15) is 5.53 Å². The third-order valence-electron chi connectivity index (χ3n) is 18.5. The Morgan fingerprint density at radius 2 is 0.512 bits per heavy atom. The number of allylic oxidation sites excluding steroid dienone is 6. The molecule has 0 atom stereocenters. The molecule has 0 bridgehead atoms. The van der Waals surface area contributed by atoms with Crippen molar-refractivity contribution in [2.75, 3.05) is 0 Å². The lowest BCUT2D eigenvalue weighted by atomic mass is 9.90. The van der Waals surface area contributed by atoms with Crippen LogP contribution in [0.1, 0.15) is 397 Å². The fraction of sp³-hybridized carbons (Fsp3) is 0.750. The van der Waals surface area contributed by atoms with Crippen molar-refractivity contribution in [3.8, 4) is 0 Å². The van der Waals surface area contributed by atoms with Gasteiger partial charge in [0.25, 0.3) is 0 Å². The normalized spacial score (nSPS) is 13.0. The number of hydrogen-bond donors (Lipinski definition) is 0. The summed E-state index contributed by atoms with van der Waals surface area (Å²) in [6, 6.07) is 18.0. The lowest BCUT2D eigenvalue weighted by molar-refractivity contribution is -0.345. The second kappa shape index (κ2) is 54.6. The van der Waals surface area contributed by atoms with Crippen LogP contribution in [0.25, 0.3) is 16.9 Å². The second-order valence-electron chi connectivity index (χ2n) is 25.9. The Morgan fingerprint density at radius 1 is 0.268 bits per heavy atom. The molecule has 466 valence electrons. The van der Waals surface area contributed by atoms with Crippen LogP contribution in [0.15, 0.2) is 84.0 Å². The predicted octanol–water partition coefficient (Wildman–Crippen LogP) is 28.2. The van der Waals surface area contributed by atoms with Crippen LogP contribution in [0.5, 0.6) is 0 Å². The van der Waals surface area contributed by atoms with Crippen molar-refractivity contribution in [1.29, 1.82) is 0 Å². The monoisotopic (exact) mass is 1130 g/mol. The molecule has 0 radical (unpaired) electrons. The Hall–Kier alpha value is -3.00. The molecule has 1 aliphatic heterocycles. The molecule has 0 unspecified atom stereocenters. The van der Waals surface area contributed by atoms with Crippen LogP contribution in [-0.2, 0) is 12.8 Å². The van der Waals surface area contributed by atoms with E-state index in [1.165, 1.54) is 354 Å². The summed E-state index contributed by atoms with van der Waals surface area (Å²) in [6.07, 6.45) is 86.1. The number of rotatable bonds is 60. The molecule has 2 aromatic carbocycles. The van der Waals surface area contributed by atoms with Crippen molar-refractivity contribution in [3.63, 3.8) is 0 Å². The maximum absolute atomic E-state index is 12.6. The topological polar surface area (TPSA) is 25.3 Å². The van der Waals surface area contributed by atoms with Gasteiger partial charge in [0.1, 0.15) is 0 Å². The summed E-state index contributed by atoms with van der Waals surface area (Å²) >= 11 is 0. The van der Waals surface area contributed by atoms with Crippen LogP contribution < -0.4 is 0 Å². The van der Waals surface area contributed by atoms with Gasteiger partial charge in [0, 0.05) is 22.3 Å². The molecular weight excluding hydrogens is 989 g/mol. The highest BCUT2D eigenvalue weighted by atomic mass is 15.2. The lowest BCUT2D eigenvalue weighted by Gasteiger charge is -2.14. The summed E-state index contributed by atoms with van der Waals surface area (Å²) in [5.41, 5.74) is 22.5. The molecule has 1 heterocycles. The molecule has 0 spiro atoms. The fourth-order valence-corrected chi connectivity index (χ4v) is 13.2. The quantitative estimate of drug-likeness (QED) is 0.0358. The Kier molecular flexibility index (Phi) is 48.8. The number of benzene rings is 2. The van der Waals surface area contributed by atoms with Gasteiger partial charge < -0.3 is 5.53 Å². The summed E-state index contributed by atoms with van der Waals surface area (Å²) in [5.74, 6) is 0. The summed E-state index contributed by atoms with van der Waals surface area (Å²) in [4.78, 5) is 0. The van der Waals surface area contributed by atoms with Crippen LogP contribution in [0, 0.1) is 0 Å². The van der Waals surface area contributed by atoms with E-state index in [1.807, 2.05) is 0 Å². The van der Waals surface area contributed by atoms with Crippen molar-refractivity contribution < 1.29 is 4.70 Å². The van der Waals surface area contributed by atoms with Crippen molar-refractivity contribution in [2.24, 2.45) is 0 Å². The van der Waals surface area contributed by atoms with Gasteiger partial charge in [-0.05, 0) is 93.9 Å². The van der Waals surface area contributed by atoms with E-state index >= 15 is 0 Å². The molecular formula is C80H136N2. The largest absolute Gasteiger partial charge is 0.493 e. The zero-order chi connectivity index (χ0) is 58.3. The van der Waals surface area contributed by atoms with Crippen molar-refractivity contribution in [2.45, 2.75) is 387 Å². The Morgan fingerprint density at radius 3 is 0.805 bits per heavy atom. The Bertz CT molecular complexity index is 1910. The highest BCUT2D eigenvalue weighted by Crippen LogP contribution is 2.45. The summed E-state index contributed by atoms with van der Waals surface area (Å²) in [6.45, 7) is 9.23. The van der Waals surface area contributed by atoms with Gasteiger partial charge in [-0.1, -0.05) is 377 Å². The minimum Gasteiger partial charge on any atom is -0.493 e. The highest BCUT2D eigenvalue weighted by Gasteiger charge is 2.36. The molecule has 3 rings (SSSR count). The van der Waals surface area contributed by atoms with Crippen LogP contribution >= 0.6 is 0 Å². The maximum Gasteiger partial charge on any atom is 0.211 e. The Labute approximate surface area is 512 Å². The van der Waals surface area contributed by atoms with Crippen LogP contribution in [0.4, 0.5) is 0 Å². The van der Waals surface area contributed by atoms with E-state index in [0.29, 0.717) is 0 Å². The van der Waals surface area contributed by atoms with E-state index < -0.39 is 0 Å². The molecule has 0 saturated carbocycles. The first-order valence-corrected chi connectivity index (χ1v) is 37.1. The number of hydrogen-bond acceptors (Lipinski definition) is 0. The van der Waals surface area contributed by atoms with Gasteiger partial charge in [-0.2, -0.15) is 0 Å². The first-order chi connectivity index (χ1) is 40.7. The predicted molar refractivity (Wildman–Crippen MR) is 368 cm³/mol. The molecule has 2 nitrogen and oxygen atoms in total. The summed E-state index contributed by atoms with van der Waals surface area (Å²) < 4.78 is 1.63. The minimum absolute atomic E-state index is 0.916. The Balaban J connectivity index is 1.36. The fourth-order valence-electron chi connectivity index (χ4n) is 13.2. The smallest absolute Gasteiger partial charge is 0.211 e. The summed E-state index contributed by atoms with van der Waals surface area (Å²) in [7, 11) is 0. The van der Waals surface area contributed by atoms with Gasteiger partial charge in [0.2, 0.25) is 11.4 Å². The molecule has 0 fully saturated rings. The van der Waals surface area contributed by atoms with Gasteiger partial charge in [-0.25, -0.2) is 4.70 Å². The number of aryl methyl sites for hydroxylation is 2. The first kappa shape index (κ1) is 73.3. The highest BCUT2D eigenvalue weighted by molar-refractivity contribution is 5.83. The van der Waals surface area contributed by atoms with E-state index in [1.54, 1.807) is 4.70 Å². The van der Waals surface area contributed by atoms with Crippen LogP contribution in [-0.4, -0.2) is 4.70 Å². The molecule has 0 amide bonds. The van der Waals surface area contributed by atoms with Crippen LogP contribution in [0.3, 0.4) is 0 Å². The molecule has 0 aliphatic carbocycles. The second-order valence-corrected chi connectivity index (χ2v) is 25.9. The maximum atomic E-state index is 12.6. The minimum atomic E-state index is 0.916. The lowest BCUT2D eigenvalue weighted by Crippen LogP contribution is -2.06. The number of nitrogens with zero attached hydrogens (tertiary/aromatic N) is 2. The van der Waals surface area contributed by atoms with Gasteiger partial charge in [-0.3, -0.25) is 0 Å². The molecule has 2 aromatic rings. The van der Waals surface area contributed by atoms with E-state index in [-0.39, 0.29) is 0 Å². The summed E-state index contributed by atoms with van der Waals surface area (Å²) in [5, 5.41) is 0. The average molecular weight is 1130 g/mol. The standard InChI is InChI=1S/C80H136N2/c1-5-9-12-15-18-20-22-24-26-28-30-32-34-36-38-40-42-44-46-48-50-52-54-56-59-66-73-68-62-64-70-76(73)79-75(8-4)78(72-61-58-17-14-11-7-3)80(82(79)81)77-71-65-63-69-74(77)67-60-57-55-53-51-49-47-45-43-41-39-37-35-33-31-29-27-25-23-21-19-16-13-10-6-2/h54-57,62-65,68-71H,5-53,58-61,66-67,72H2,1-4H3. The van der Waals surface area contributed by atoms with Crippen LogP contribution in [0.2, 0.25) is 0 Å². The molecule has 0 N–H and O–H groups in total. The number of unbranched alkanes of at least 4 members (excludes halogenated alkanes) is 47. The van der Waals surface area contributed by atoms with E-state index in [2.05, 4.69) is 101 Å². The average Bonchev–Trinajstić information content (AvgIpc) is 3.52. The van der Waals surface area contributed by atoms with E-state index in [0.717, 1.165) is 49.9 Å². The van der Waals surface area contributed by atoms with Gasteiger partial charge in [-0.15, -0.1) is 0 Å². The van der Waals surface area contributed by atoms with Gasteiger partial charge >= 0.3 is 0 Å². The van der Waals surface area contributed by atoms with Crippen molar-refractivity contribution in [1.82, 2.24) is 0 Å². The molecule has 1 aliphatic rings. The molecule has 82 heavy (non-hydrogen) atoms. The zero-order valence-corrected chi connectivity index (χ0v) is 55.4. The molecule has 2 heteroatoms. The van der Waals surface area contributed by atoms with Gasteiger partial charge in [0.05, 0.1) is 0 Å². The molecule has 0 saturated heterocycles. The SMILES string of the molecule is CCCCCCCCCCCCCCCCCCCCCCCC=CCCc1ccccc1C1=C(CC)C(CCCCCCCC)=C(c2ccccc2CCC=CCCCCCCCCCCCCCCCCCCCCCCC)[N+]1=[N-]. The van der Waals surface area contributed by atoms with Gasteiger partial charge in [0.15, 0.2) is 0 Å². The van der Waals surface area contributed by atoms with Crippen molar-refractivity contribution >= 4 is 11.4 Å². The third-order valence-corrected chi connectivity index (χ3v) is 18.5. The van der Waals surface area contributed by atoms with E-state index in [4.69, 9.17) is 0 Å². The third kappa shape index (κ3) is 36.1. The first-order valence-electron chi connectivity index (χ1n) is 37.1. The zero-order valence-electron chi connectivity index (χ0n) is 55.4. The molecule has 0 aromatic heterocycles. The van der Waals surface area contributed by atoms with Crippen molar-refractivity contribution in [3.05, 3.63) is 112 Å².